The molecule has 1 unspecified atom stereocenters. The van der Waals surface area contributed by atoms with Crippen LogP contribution in [0.5, 0.6) is 0 Å². The molecule has 5 heteroatoms. The highest BCUT2D eigenvalue weighted by atomic mass is 16.3. The molecule has 1 aliphatic carbocycles. The third-order valence-corrected chi connectivity index (χ3v) is 3.34. The van der Waals surface area contributed by atoms with E-state index in [4.69, 9.17) is 0 Å². The van der Waals surface area contributed by atoms with Gasteiger partial charge in [-0.05, 0) is 19.3 Å². The van der Waals surface area contributed by atoms with Gasteiger partial charge in [0, 0.05) is 13.6 Å². The van der Waals surface area contributed by atoms with Crippen LogP contribution in [0.4, 0.5) is 0 Å². The van der Waals surface area contributed by atoms with Crippen molar-refractivity contribution in [1.29, 1.82) is 0 Å². The zero-order valence-corrected chi connectivity index (χ0v) is 8.82. The first kappa shape index (κ1) is 10.6. The van der Waals surface area contributed by atoms with Crippen LogP contribution in [-0.2, 0) is 9.59 Å². The van der Waals surface area contributed by atoms with Gasteiger partial charge in [0.15, 0.2) is 0 Å². The Kier molecular flexibility index (Phi) is 2.52. The number of rotatable bonds is 3. The largest absolute Gasteiger partial charge is 0.389 e. The van der Waals surface area contributed by atoms with E-state index in [1.165, 1.54) is 7.05 Å². The molecule has 2 aliphatic rings. The summed E-state index contributed by atoms with van der Waals surface area (Å²) in [5.74, 6) is -0.346. The van der Waals surface area contributed by atoms with Crippen molar-refractivity contribution < 1.29 is 14.7 Å². The molecule has 1 saturated heterocycles. The van der Waals surface area contributed by atoms with Crippen molar-refractivity contribution in [3.63, 3.8) is 0 Å². The van der Waals surface area contributed by atoms with Crippen molar-refractivity contribution in [1.82, 2.24) is 10.2 Å². The molecule has 2 amide bonds. The maximum Gasteiger partial charge on any atom is 0.246 e. The molecule has 0 spiro atoms. The van der Waals surface area contributed by atoms with Crippen molar-refractivity contribution in [3.8, 4) is 0 Å². The van der Waals surface area contributed by atoms with Gasteiger partial charge in [0.2, 0.25) is 11.8 Å². The number of likely N-dealkylation sites (N-methyl/N-ethyl adjacent to an activating group) is 1. The average Bonchev–Trinajstić information content (AvgIpc) is 2.40. The van der Waals surface area contributed by atoms with Crippen LogP contribution in [0.3, 0.4) is 0 Å². The van der Waals surface area contributed by atoms with Crippen LogP contribution >= 0.6 is 0 Å². The van der Waals surface area contributed by atoms with Gasteiger partial charge in [0.1, 0.15) is 0 Å². The molecule has 1 saturated carbocycles. The maximum absolute atomic E-state index is 11.5. The smallest absolute Gasteiger partial charge is 0.246 e. The van der Waals surface area contributed by atoms with Crippen LogP contribution in [-0.4, -0.2) is 47.1 Å². The van der Waals surface area contributed by atoms with Crippen LogP contribution in [0.2, 0.25) is 0 Å². The van der Waals surface area contributed by atoms with Gasteiger partial charge in [-0.1, -0.05) is 0 Å². The quantitative estimate of drug-likeness (QED) is 0.604. The normalized spacial score (nSPS) is 29.5. The fourth-order valence-corrected chi connectivity index (χ4v) is 1.99. The van der Waals surface area contributed by atoms with E-state index in [9.17, 15) is 14.7 Å². The summed E-state index contributed by atoms with van der Waals surface area (Å²) in [7, 11) is 1.49. The molecule has 1 atom stereocenters. The van der Waals surface area contributed by atoms with Gasteiger partial charge in [-0.2, -0.15) is 0 Å². The zero-order chi connectivity index (χ0) is 11.1. The molecule has 1 heterocycles. The summed E-state index contributed by atoms with van der Waals surface area (Å²) in [4.78, 5) is 23.8. The van der Waals surface area contributed by atoms with Gasteiger partial charge in [-0.15, -0.1) is 0 Å². The van der Waals surface area contributed by atoms with E-state index in [-0.39, 0.29) is 18.2 Å². The highest BCUT2D eigenvalue weighted by Gasteiger charge is 2.39. The molecular formula is C10H16N2O3. The Morgan fingerprint density at radius 3 is 2.60 bits per heavy atom. The second-order valence-corrected chi connectivity index (χ2v) is 4.51. The predicted octanol–water partition coefficient (Wildman–Crippen LogP) is -0.752. The Bertz CT molecular complexity index is 299. The van der Waals surface area contributed by atoms with E-state index in [0.29, 0.717) is 6.54 Å². The molecule has 0 aromatic rings. The average molecular weight is 212 g/mol. The number of amides is 2. The first-order valence-corrected chi connectivity index (χ1v) is 5.28. The van der Waals surface area contributed by atoms with Gasteiger partial charge in [-0.3, -0.25) is 14.5 Å². The minimum absolute atomic E-state index is 0.155. The molecule has 2 rings (SSSR count). The molecule has 2 N–H and O–H groups in total. The number of imide groups is 1. The second kappa shape index (κ2) is 3.57. The maximum atomic E-state index is 11.5. The molecular weight excluding hydrogens is 196 g/mol. The number of nitrogens with one attached hydrogen (secondary N) is 1. The van der Waals surface area contributed by atoms with Gasteiger partial charge < -0.3 is 10.4 Å². The van der Waals surface area contributed by atoms with E-state index in [2.05, 4.69) is 5.32 Å². The van der Waals surface area contributed by atoms with Crippen molar-refractivity contribution in [2.75, 3.05) is 13.6 Å². The standard InChI is InChI=1S/C10H16N2O3/c1-12-8(13)5-7(9(12)14)11-6-10(15)3-2-4-10/h7,11,15H,2-6H2,1H3. The van der Waals surface area contributed by atoms with Crippen molar-refractivity contribution >= 4 is 11.8 Å². The first-order chi connectivity index (χ1) is 7.02. The summed E-state index contributed by atoms with van der Waals surface area (Å²) in [5, 5.41) is 12.8. The van der Waals surface area contributed by atoms with Gasteiger partial charge in [0.25, 0.3) is 0 Å². The molecule has 2 fully saturated rings. The molecule has 1 aliphatic heterocycles. The number of carbonyl (C=O) groups is 2. The Morgan fingerprint density at radius 1 is 1.53 bits per heavy atom. The van der Waals surface area contributed by atoms with Crippen LogP contribution in [0.1, 0.15) is 25.7 Å². The summed E-state index contributed by atoms with van der Waals surface area (Å²) in [6, 6.07) is -0.438. The molecule has 0 aromatic heterocycles. The van der Waals surface area contributed by atoms with Crippen molar-refractivity contribution in [3.05, 3.63) is 0 Å². The van der Waals surface area contributed by atoms with Gasteiger partial charge in [0.05, 0.1) is 18.1 Å². The van der Waals surface area contributed by atoms with E-state index in [1.54, 1.807) is 0 Å². The lowest BCUT2D eigenvalue weighted by Gasteiger charge is -2.37. The zero-order valence-electron chi connectivity index (χ0n) is 8.82. The fourth-order valence-electron chi connectivity index (χ4n) is 1.99. The molecule has 0 bridgehead atoms. The van der Waals surface area contributed by atoms with E-state index < -0.39 is 11.6 Å². The number of aliphatic hydroxyl groups is 1. The minimum atomic E-state index is -0.648. The second-order valence-electron chi connectivity index (χ2n) is 4.51. The summed E-state index contributed by atoms with van der Waals surface area (Å²) < 4.78 is 0. The first-order valence-electron chi connectivity index (χ1n) is 5.28. The fraction of sp³-hybridized carbons (Fsp3) is 0.800. The van der Waals surface area contributed by atoms with E-state index >= 15 is 0 Å². The molecule has 0 aromatic carbocycles. The summed E-state index contributed by atoms with van der Waals surface area (Å²) in [6.45, 7) is 0.407. The lowest BCUT2D eigenvalue weighted by Crippen LogP contribution is -2.50. The summed E-state index contributed by atoms with van der Waals surface area (Å²) >= 11 is 0. The van der Waals surface area contributed by atoms with E-state index in [0.717, 1.165) is 24.2 Å². The molecule has 15 heavy (non-hydrogen) atoms. The topological polar surface area (TPSA) is 69.6 Å². The Balaban J connectivity index is 1.85. The molecule has 84 valence electrons. The monoisotopic (exact) mass is 212 g/mol. The molecule has 5 nitrogen and oxygen atoms in total. The Labute approximate surface area is 88.4 Å². The van der Waals surface area contributed by atoms with Crippen LogP contribution in [0.25, 0.3) is 0 Å². The number of nitrogens with zero attached hydrogens (tertiary/aromatic N) is 1. The van der Waals surface area contributed by atoms with Crippen molar-refractivity contribution in [2.24, 2.45) is 0 Å². The third kappa shape index (κ3) is 1.89. The van der Waals surface area contributed by atoms with E-state index in [1.807, 2.05) is 0 Å². The lowest BCUT2D eigenvalue weighted by atomic mass is 9.80. The van der Waals surface area contributed by atoms with Crippen LogP contribution < -0.4 is 5.32 Å². The summed E-state index contributed by atoms with van der Waals surface area (Å²) in [5.41, 5.74) is -0.648. The number of likely N-dealkylation sites (tertiary alicyclic amines) is 1. The van der Waals surface area contributed by atoms with Crippen LogP contribution in [0, 0.1) is 0 Å². The minimum Gasteiger partial charge on any atom is -0.389 e. The Morgan fingerprint density at radius 2 is 2.20 bits per heavy atom. The third-order valence-electron chi connectivity index (χ3n) is 3.34. The number of hydrogen-bond donors (Lipinski definition) is 2. The lowest BCUT2D eigenvalue weighted by molar-refractivity contribution is -0.137. The highest BCUT2D eigenvalue weighted by Crippen LogP contribution is 2.30. The SMILES string of the molecule is CN1C(=O)CC(NCC2(O)CCC2)C1=O. The predicted molar refractivity (Wildman–Crippen MR) is 53.0 cm³/mol. The van der Waals surface area contributed by atoms with Gasteiger partial charge in [-0.25, -0.2) is 0 Å². The van der Waals surface area contributed by atoms with Crippen molar-refractivity contribution in [2.45, 2.75) is 37.3 Å². The van der Waals surface area contributed by atoms with Gasteiger partial charge >= 0.3 is 0 Å². The Hall–Kier alpha value is -0.940. The summed E-state index contributed by atoms with van der Waals surface area (Å²) in [6.07, 6.45) is 2.82. The number of carbonyl (C=O) groups excluding carboxylic acids is 2. The number of hydrogen-bond acceptors (Lipinski definition) is 4. The van der Waals surface area contributed by atoms with Crippen LogP contribution in [0.15, 0.2) is 0 Å². The molecule has 0 radical (unpaired) electrons. The highest BCUT2D eigenvalue weighted by molar-refractivity contribution is 6.05.